The van der Waals surface area contributed by atoms with Crippen molar-refractivity contribution in [2.45, 2.75) is 20.8 Å². The molecule has 2 rings (SSSR count). The van der Waals surface area contributed by atoms with Gasteiger partial charge in [-0.2, -0.15) is 0 Å². The van der Waals surface area contributed by atoms with Crippen molar-refractivity contribution in [2.75, 3.05) is 11.1 Å². The van der Waals surface area contributed by atoms with Gasteiger partial charge in [0.2, 0.25) is 0 Å². The number of rotatable bonds is 2. The molecule has 0 aliphatic carbocycles. The molecule has 100 valence electrons. The first-order valence-electron chi connectivity index (χ1n) is 6.39. The Morgan fingerprint density at radius 2 is 1.58 bits per heavy atom. The van der Waals surface area contributed by atoms with Crippen LogP contribution in [-0.2, 0) is 0 Å². The number of anilines is 2. The Morgan fingerprint density at radius 1 is 1.00 bits per heavy atom. The molecule has 0 saturated heterocycles. The normalized spacial score (nSPS) is 9.21. The van der Waals surface area contributed by atoms with Crippen LogP contribution < -0.4 is 11.1 Å². The molecule has 2 aromatic rings. The van der Waals surface area contributed by atoms with Crippen molar-refractivity contribution < 1.29 is 4.79 Å². The van der Waals surface area contributed by atoms with Crippen LogP contribution in [-0.4, -0.2) is 5.91 Å². The summed E-state index contributed by atoms with van der Waals surface area (Å²) >= 11 is 0. The van der Waals surface area contributed by atoms with Crippen LogP contribution in [0.2, 0.25) is 0 Å². The average molecular weight is 256 g/mol. The van der Waals surface area contributed by atoms with E-state index >= 15 is 0 Å². The van der Waals surface area contributed by atoms with Crippen LogP contribution in [0, 0.1) is 6.92 Å². The van der Waals surface area contributed by atoms with Crippen molar-refractivity contribution in [1.29, 1.82) is 0 Å². The highest BCUT2D eigenvalue weighted by atomic mass is 16.1. The molecule has 0 bridgehead atoms. The van der Waals surface area contributed by atoms with E-state index in [1.165, 1.54) is 0 Å². The molecule has 0 atom stereocenters. The van der Waals surface area contributed by atoms with Crippen molar-refractivity contribution in [3.8, 4) is 0 Å². The zero-order chi connectivity index (χ0) is 14.3. The Morgan fingerprint density at radius 3 is 2.16 bits per heavy atom. The van der Waals surface area contributed by atoms with Gasteiger partial charge in [-0.05, 0) is 31.2 Å². The summed E-state index contributed by atoms with van der Waals surface area (Å²) in [5.41, 5.74) is 8.64. The Balaban J connectivity index is 0.000000861. The van der Waals surface area contributed by atoms with Crippen LogP contribution in [0.1, 0.15) is 29.8 Å². The Kier molecular flexibility index (Phi) is 5.61. The predicted octanol–water partition coefficient (Wildman–Crippen LogP) is 3.86. The van der Waals surface area contributed by atoms with Gasteiger partial charge >= 0.3 is 0 Å². The number of para-hydroxylation sites is 1. The number of amides is 1. The van der Waals surface area contributed by atoms with Gasteiger partial charge in [0.1, 0.15) is 0 Å². The number of carbonyl (C=O) groups is 1. The number of hydrogen-bond acceptors (Lipinski definition) is 2. The molecular weight excluding hydrogens is 236 g/mol. The highest BCUT2D eigenvalue weighted by Gasteiger charge is 2.08. The quantitative estimate of drug-likeness (QED) is 0.802. The van der Waals surface area contributed by atoms with Crippen LogP contribution in [0.5, 0.6) is 0 Å². The third-order valence-electron chi connectivity index (χ3n) is 2.51. The fourth-order valence-corrected chi connectivity index (χ4v) is 1.54. The van der Waals surface area contributed by atoms with Gasteiger partial charge < -0.3 is 11.1 Å². The highest BCUT2D eigenvalue weighted by molar-refractivity contribution is 6.07. The van der Waals surface area contributed by atoms with Gasteiger partial charge in [-0.25, -0.2) is 0 Å². The van der Waals surface area contributed by atoms with Crippen LogP contribution in [0.15, 0.2) is 48.5 Å². The molecule has 0 spiro atoms. The molecule has 1 amide bonds. The van der Waals surface area contributed by atoms with Crippen molar-refractivity contribution in [2.24, 2.45) is 0 Å². The third-order valence-corrected chi connectivity index (χ3v) is 2.51. The van der Waals surface area contributed by atoms with E-state index in [0.29, 0.717) is 11.3 Å². The summed E-state index contributed by atoms with van der Waals surface area (Å²) < 4.78 is 0. The lowest BCUT2D eigenvalue weighted by atomic mass is 10.1. The summed E-state index contributed by atoms with van der Waals surface area (Å²) in [7, 11) is 0. The van der Waals surface area contributed by atoms with E-state index in [1.54, 1.807) is 24.3 Å². The van der Waals surface area contributed by atoms with Crippen molar-refractivity contribution >= 4 is 17.3 Å². The summed E-state index contributed by atoms with van der Waals surface area (Å²) in [5, 5.41) is 2.81. The van der Waals surface area contributed by atoms with Crippen LogP contribution in [0.3, 0.4) is 0 Å². The maximum absolute atomic E-state index is 11.9. The molecule has 0 heterocycles. The second kappa shape index (κ2) is 7.21. The number of aryl methyl sites for hydroxylation is 1. The Hall–Kier alpha value is -2.29. The Bertz CT molecular complexity index is 533. The lowest BCUT2D eigenvalue weighted by molar-refractivity contribution is 0.102. The molecule has 0 fully saturated rings. The van der Waals surface area contributed by atoms with Gasteiger partial charge in [0.15, 0.2) is 0 Å². The number of carbonyl (C=O) groups excluding carboxylic acids is 1. The molecule has 19 heavy (non-hydrogen) atoms. The maximum atomic E-state index is 11.9. The molecule has 3 nitrogen and oxygen atoms in total. The lowest BCUT2D eigenvalue weighted by Gasteiger charge is -2.07. The fourth-order valence-electron chi connectivity index (χ4n) is 1.54. The first-order chi connectivity index (χ1) is 9.16. The second-order valence-electron chi connectivity index (χ2n) is 3.91. The molecular formula is C16H20N2O. The van der Waals surface area contributed by atoms with E-state index in [1.807, 2.05) is 45.0 Å². The highest BCUT2D eigenvalue weighted by Crippen LogP contribution is 2.14. The van der Waals surface area contributed by atoms with Crippen LogP contribution in [0.25, 0.3) is 0 Å². The topological polar surface area (TPSA) is 55.1 Å². The maximum Gasteiger partial charge on any atom is 0.257 e. The van der Waals surface area contributed by atoms with Crippen molar-refractivity contribution in [1.82, 2.24) is 0 Å². The van der Waals surface area contributed by atoms with E-state index < -0.39 is 0 Å². The molecule has 2 aromatic carbocycles. The van der Waals surface area contributed by atoms with Gasteiger partial charge in [0, 0.05) is 11.4 Å². The summed E-state index contributed by atoms with van der Waals surface area (Å²) in [6.45, 7) is 6.00. The number of hydrogen-bond donors (Lipinski definition) is 2. The van der Waals surface area contributed by atoms with E-state index in [2.05, 4.69) is 5.32 Å². The summed E-state index contributed by atoms with van der Waals surface area (Å²) in [6, 6.07) is 14.6. The van der Waals surface area contributed by atoms with E-state index in [-0.39, 0.29) is 5.91 Å². The van der Waals surface area contributed by atoms with Crippen LogP contribution in [0.4, 0.5) is 11.4 Å². The predicted molar refractivity (Wildman–Crippen MR) is 81.3 cm³/mol. The Labute approximate surface area is 114 Å². The number of nitrogens with two attached hydrogens (primary N) is 1. The smallest absolute Gasteiger partial charge is 0.257 e. The van der Waals surface area contributed by atoms with Gasteiger partial charge in [-0.15, -0.1) is 0 Å². The SMILES string of the molecule is CC.Cc1ccc(NC(=O)c2ccccc2N)cc1. The first-order valence-corrected chi connectivity index (χ1v) is 6.39. The first kappa shape index (κ1) is 14.8. The summed E-state index contributed by atoms with van der Waals surface area (Å²) in [4.78, 5) is 11.9. The number of nitrogen functional groups attached to an aromatic ring is 1. The number of nitrogens with one attached hydrogen (secondary N) is 1. The zero-order valence-electron chi connectivity index (χ0n) is 11.6. The minimum atomic E-state index is -0.188. The van der Waals surface area contributed by atoms with Gasteiger partial charge in [0.25, 0.3) is 5.91 Å². The van der Waals surface area contributed by atoms with E-state index in [4.69, 9.17) is 5.73 Å². The molecule has 0 unspecified atom stereocenters. The van der Waals surface area contributed by atoms with Crippen molar-refractivity contribution in [3.63, 3.8) is 0 Å². The minimum Gasteiger partial charge on any atom is -0.398 e. The summed E-state index contributed by atoms with van der Waals surface area (Å²) in [6.07, 6.45) is 0. The monoisotopic (exact) mass is 256 g/mol. The van der Waals surface area contributed by atoms with Crippen LogP contribution >= 0.6 is 0 Å². The standard InChI is InChI=1S/C14H14N2O.C2H6/c1-10-6-8-11(9-7-10)16-14(17)12-4-2-3-5-13(12)15;1-2/h2-9H,15H2,1H3,(H,16,17);1-2H3. The van der Waals surface area contributed by atoms with Gasteiger partial charge in [-0.1, -0.05) is 43.7 Å². The number of benzene rings is 2. The second-order valence-corrected chi connectivity index (χ2v) is 3.91. The average Bonchev–Trinajstić information content (AvgIpc) is 2.44. The molecule has 0 aromatic heterocycles. The molecule has 3 N–H and O–H groups in total. The lowest BCUT2D eigenvalue weighted by Crippen LogP contribution is -2.13. The molecule has 0 aliphatic rings. The molecule has 0 radical (unpaired) electrons. The van der Waals surface area contributed by atoms with Gasteiger partial charge in [0.05, 0.1) is 5.56 Å². The van der Waals surface area contributed by atoms with E-state index in [9.17, 15) is 4.79 Å². The fraction of sp³-hybridized carbons (Fsp3) is 0.188. The largest absolute Gasteiger partial charge is 0.398 e. The van der Waals surface area contributed by atoms with Crippen molar-refractivity contribution in [3.05, 3.63) is 59.7 Å². The zero-order valence-corrected chi connectivity index (χ0v) is 11.6. The summed E-state index contributed by atoms with van der Waals surface area (Å²) in [5.74, 6) is -0.188. The minimum absolute atomic E-state index is 0.188. The molecule has 0 saturated carbocycles. The third kappa shape index (κ3) is 4.14. The molecule has 3 heteroatoms. The van der Waals surface area contributed by atoms with E-state index in [0.717, 1.165) is 11.3 Å². The van der Waals surface area contributed by atoms with Gasteiger partial charge in [-0.3, -0.25) is 4.79 Å². The molecule has 0 aliphatic heterocycles.